The van der Waals surface area contributed by atoms with Crippen LogP contribution in [0.1, 0.15) is 117 Å². The van der Waals surface area contributed by atoms with Crippen molar-refractivity contribution in [3.8, 4) is 0 Å². The maximum Gasteiger partial charge on any atom is 0.303 e. The molecule has 0 aliphatic heterocycles. The van der Waals surface area contributed by atoms with Gasteiger partial charge in [-0.1, -0.05) is 77.4 Å². The lowest BCUT2D eigenvalue weighted by atomic mass is 10.1. The van der Waals surface area contributed by atoms with Crippen molar-refractivity contribution in [3.63, 3.8) is 0 Å². The van der Waals surface area contributed by atoms with E-state index in [1.807, 2.05) is 6.92 Å². The minimum absolute atomic E-state index is 0.292. The van der Waals surface area contributed by atoms with Crippen LogP contribution in [0, 0.1) is 0 Å². The van der Waals surface area contributed by atoms with Crippen LogP contribution in [0.3, 0.4) is 0 Å². The summed E-state index contributed by atoms with van der Waals surface area (Å²) < 4.78 is 0. The Balaban J connectivity index is 0. The van der Waals surface area contributed by atoms with Crippen LogP contribution in [-0.4, -0.2) is 22.2 Å². The van der Waals surface area contributed by atoms with Crippen molar-refractivity contribution in [3.05, 3.63) is 12.2 Å². The van der Waals surface area contributed by atoms with Crippen LogP contribution in [0.25, 0.3) is 0 Å². The van der Waals surface area contributed by atoms with Gasteiger partial charge in [-0.15, -0.1) is 0 Å². The molecule has 0 saturated heterocycles. The number of rotatable bonds is 17. The van der Waals surface area contributed by atoms with E-state index in [4.69, 9.17) is 10.2 Å². The zero-order chi connectivity index (χ0) is 19.9. The molecule has 0 atom stereocenters. The number of carbonyl (C=O) groups is 2. The van der Waals surface area contributed by atoms with Crippen molar-refractivity contribution in [2.45, 2.75) is 117 Å². The highest BCUT2D eigenvalue weighted by molar-refractivity contribution is 5.66. The number of aliphatic carboxylic acids is 2. The minimum Gasteiger partial charge on any atom is -0.481 e. The molecule has 0 aliphatic rings. The van der Waals surface area contributed by atoms with Crippen LogP contribution in [0.15, 0.2) is 12.2 Å². The number of unbranched alkanes of at least 4 members (excludes halogenated alkanes) is 11. The van der Waals surface area contributed by atoms with Gasteiger partial charge in [-0.05, 0) is 38.5 Å². The van der Waals surface area contributed by atoms with Gasteiger partial charge in [0.05, 0.1) is 0 Å². The van der Waals surface area contributed by atoms with Crippen molar-refractivity contribution in [2.24, 2.45) is 0 Å². The molecule has 0 unspecified atom stereocenters. The number of hydrogen-bond donors (Lipinski definition) is 2. The van der Waals surface area contributed by atoms with E-state index in [-0.39, 0.29) is 0 Å². The Morgan fingerprint density at radius 2 is 1.00 bits per heavy atom. The zero-order valence-electron chi connectivity index (χ0n) is 17.2. The van der Waals surface area contributed by atoms with Gasteiger partial charge in [-0.3, -0.25) is 9.59 Å². The normalized spacial score (nSPS) is 10.5. The van der Waals surface area contributed by atoms with E-state index in [1.54, 1.807) is 0 Å². The summed E-state index contributed by atoms with van der Waals surface area (Å²) in [6.07, 6.45) is 22.3. The van der Waals surface area contributed by atoms with Crippen molar-refractivity contribution >= 4 is 11.9 Å². The third-order valence-electron chi connectivity index (χ3n) is 4.12. The van der Waals surface area contributed by atoms with Gasteiger partial charge in [0, 0.05) is 12.8 Å². The van der Waals surface area contributed by atoms with Gasteiger partial charge in [0.2, 0.25) is 0 Å². The molecule has 2 N–H and O–H groups in total. The molecular weight excluding hydrogens is 328 g/mol. The summed E-state index contributed by atoms with van der Waals surface area (Å²) in [5.74, 6) is -1.37. The van der Waals surface area contributed by atoms with Crippen LogP contribution < -0.4 is 0 Å². The van der Waals surface area contributed by atoms with Gasteiger partial charge >= 0.3 is 11.9 Å². The second kappa shape index (κ2) is 23.7. The molecule has 0 heterocycles. The smallest absolute Gasteiger partial charge is 0.303 e. The van der Waals surface area contributed by atoms with E-state index < -0.39 is 11.9 Å². The zero-order valence-corrected chi connectivity index (χ0v) is 17.2. The summed E-state index contributed by atoms with van der Waals surface area (Å²) >= 11 is 0. The van der Waals surface area contributed by atoms with E-state index in [1.165, 1.54) is 70.6 Å². The number of carboxylic acid groups (broad SMARTS) is 2. The van der Waals surface area contributed by atoms with Crippen molar-refractivity contribution in [1.29, 1.82) is 0 Å². The lowest BCUT2D eigenvalue weighted by Crippen LogP contribution is -1.93. The molecule has 0 fully saturated rings. The van der Waals surface area contributed by atoms with Gasteiger partial charge in [-0.25, -0.2) is 0 Å². The highest BCUT2D eigenvalue weighted by Gasteiger charge is 1.95. The highest BCUT2D eigenvalue weighted by Crippen LogP contribution is 2.09. The molecule has 26 heavy (non-hydrogen) atoms. The monoisotopic (exact) mass is 370 g/mol. The Labute approximate surface area is 161 Å². The lowest BCUT2D eigenvalue weighted by molar-refractivity contribution is -0.138. The fourth-order valence-electron chi connectivity index (χ4n) is 2.56. The average molecular weight is 371 g/mol. The third kappa shape index (κ3) is 30.5. The van der Waals surface area contributed by atoms with Crippen LogP contribution in [0.4, 0.5) is 0 Å². The molecule has 0 amide bonds. The van der Waals surface area contributed by atoms with Gasteiger partial charge in [0.1, 0.15) is 0 Å². The van der Waals surface area contributed by atoms with E-state index in [0.717, 1.165) is 19.3 Å². The summed E-state index contributed by atoms with van der Waals surface area (Å²) in [4.78, 5) is 19.9. The first-order valence-electron chi connectivity index (χ1n) is 10.6. The van der Waals surface area contributed by atoms with Crippen LogP contribution in [-0.2, 0) is 9.59 Å². The summed E-state index contributed by atoms with van der Waals surface area (Å²) in [7, 11) is 0. The van der Waals surface area contributed by atoms with Gasteiger partial charge in [0.15, 0.2) is 0 Å². The largest absolute Gasteiger partial charge is 0.481 e. The van der Waals surface area contributed by atoms with Crippen LogP contribution >= 0.6 is 0 Å². The molecule has 0 aromatic rings. The van der Waals surface area contributed by atoms with Crippen molar-refractivity contribution in [1.82, 2.24) is 0 Å². The maximum absolute atomic E-state index is 10.3. The predicted molar refractivity (Wildman–Crippen MR) is 110 cm³/mol. The second-order valence-corrected chi connectivity index (χ2v) is 6.87. The van der Waals surface area contributed by atoms with E-state index in [2.05, 4.69) is 19.1 Å². The van der Waals surface area contributed by atoms with Crippen molar-refractivity contribution < 1.29 is 19.8 Å². The van der Waals surface area contributed by atoms with Crippen molar-refractivity contribution in [2.75, 3.05) is 0 Å². The first kappa shape index (κ1) is 26.9. The SMILES string of the molecule is CCCC(=O)O.CCCCCCCC/C=C\CCCCCCCC(=O)O. The standard InChI is InChI=1S/C18H34O2.C4H8O2/c1-2-3-4-5-6-7-8-9-10-11-12-13-14-15-16-17-18(19)20;1-2-3-4(5)6/h9-10H,2-8,11-17H2,1H3,(H,19,20);2-3H2,1H3,(H,5,6)/b10-9-;. The molecular formula is C22H42O4. The van der Waals surface area contributed by atoms with Crippen LogP contribution in [0.2, 0.25) is 0 Å². The molecule has 154 valence electrons. The Morgan fingerprint density at radius 1 is 0.577 bits per heavy atom. The fourth-order valence-corrected chi connectivity index (χ4v) is 2.56. The number of carboxylic acids is 2. The molecule has 0 aromatic heterocycles. The summed E-state index contributed by atoms with van der Waals surface area (Å²) in [5.41, 5.74) is 0. The summed E-state index contributed by atoms with van der Waals surface area (Å²) in [6, 6.07) is 0. The predicted octanol–water partition coefficient (Wildman–Crippen LogP) is 6.98. The fraction of sp³-hybridized carbons (Fsp3) is 0.818. The topological polar surface area (TPSA) is 74.6 Å². The molecule has 4 nitrogen and oxygen atoms in total. The second-order valence-electron chi connectivity index (χ2n) is 6.87. The average Bonchev–Trinajstić information content (AvgIpc) is 2.58. The number of allylic oxidation sites excluding steroid dienone is 2. The molecule has 0 spiro atoms. The van der Waals surface area contributed by atoms with Gasteiger partial charge < -0.3 is 10.2 Å². The Kier molecular flexibility index (Phi) is 24.5. The maximum atomic E-state index is 10.3. The van der Waals surface area contributed by atoms with Crippen LogP contribution in [0.5, 0.6) is 0 Å². The third-order valence-corrected chi connectivity index (χ3v) is 4.12. The quantitative estimate of drug-likeness (QED) is 0.214. The Hall–Kier alpha value is -1.32. The first-order valence-corrected chi connectivity index (χ1v) is 10.6. The molecule has 0 aromatic carbocycles. The van der Waals surface area contributed by atoms with E-state index in [0.29, 0.717) is 12.8 Å². The Morgan fingerprint density at radius 3 is 1.38 bits per heavy atom. The first-order chi connectivity index (χ1) is 12.5. The molecule has 0 radical (unpaired) electrons. The lowest BCUT2D eigenvalue weighted by Gasteiger charge is -1.99. The molecule has 0 saturated carbocycles. The van der Waals surface area contributed by atoms with E-state index >= 15 is 0 Å². The summed E-state index contributed by atoms with van der Waals surface area (Å²) in [5, 5.41) is 16.4. The van der Waals surface area contributed by atoms with E-state index in [9.17, 15) is 9.59 Å². The Bertz CT molecular complexity index is 337. The number of hydrogen-bond acceptors (Lipinski definition) is 2. The minimum atomic E-state index is -0.711. The highest BCUT2D eigenvalue weighted by atomic mass is 16.4. The molecule has 0 rings (SSSR count). The van der Waals surface area contributed by atoms with Gasteiger partial charge in [-0.2, -0.15) is 0 Å². The molecule has 0 bridgehead atoms. The summed E-state index contributed by atoms with van der Waals surface area (Å²) in [6.45, 7) is 4.10. The molecule has 4 heteroatoms. The molecule has 0 aliphatic carbocycles. The van der Waals surface area contributed by atoms with Gasteiger partial charge in [0.25, 0.3) is 0 Å².